The largest absolute Gasteiger partial charge is 0.493 e. The number of hydrogen-bond acceptors (Lipinski definition) is 6. The third kappa shape index (κ3) is 5.77. The van der Waals surface area contributed by atoms with Crippen molar-refractivity contribution in [2.45, 2.75) is 32.7 Å². The molecule has 0 radical (unpaired) electrons. The Morgan fingerprint density at radius 2 is 1.69 bits per heavy atom. The fourth-order valence-corrected chi connectivity index (χ4v) is 3.73. The second kappa shape index (κ2) is 9.63. The van der Waals surface area contributed by atoms with Gasteiger partial charge in [0.05, 0.1) is 27.6 Å². The van der Waals surface area contributed by atoms with Crippen LogP contribution in [0, 0.1) is 0 Å². The Hall–Kier alpha value is -2.00. The van der Waals surface area contributed by atoms with Crippen LogP contribution in [0.15, 0.2) is 12.1 Å². The van der Waals surface area contributed by atoms with Gasteiger partial charge in [-0.2, -0.15) is 4.31 Å². The number of amides is 1. The lowest BCUT2D eigenvalue weighted by molar-refractivity contribution is -0.116. The predicted molar refractivity (Wildman–Crippen MR) is 101 cm³/mol. The first-order valence-corrected chi connectivity index (χ1v) is 10.1. The molecular weight excluding hydrogens is 360 g/mol. The molecule has 1 atom stereocenters. The van der Waals surface area contributed by atoms with Crippen LogP contribution in [0.25, 0.3) is 0 Å². The van der Waals surface area contributed by atoms with Crippen LogP contribution in [0.4, 0.5) is 5.69 Å². The van der Waals surface area contributed by atoms with Crippen molar-refractivity contribution in [1.29, 1.82) is 0 Å². The quantitative estimate of drug-likeness (QED) is 0.660. The second-order valence-corrected chi connectivity index (χ2v) is 7.78. The predicted octanol–water partition coefficient (Wildman–Crippen LogP) is 2.10. The van der Waals surface area contributed by atoms with Gasteiger partial charge >= 0.3 is 0 Å². The van der Waals surface area contributed by atoms with Crippen molar-refractivity contribution >= 4 is 21.6 Å². The van der Waals surface area contributed by atoms with Crippen molar-refractivity contribution in [3.63, 3.8) is 0 Å². The number of benzene rings is 1. The summed E-state index contributed by atoms with van der Waals surface area (Å²) in [5.41, 5.74) is 0.471. The van der Waals surface area contributed by atoms with E-state index < -0.39 is 10.0 Å². The number of anilines is 1. The molecule has 0 spiro atoms. The van der Waals surface area contributed by atoms with Gasteiger partial charge in [-0.25, -0.2) is 8.42 Å². The summed E-state index contributed by atoms with van der Waals surface area (Å²) in [6, 6.07) is 3.06. The number of hydrogen-bond donors (Lipinski definition) is 1. The number of sulfonamides is 1. The summed E-state index contributed by atoms with van der Waals surface area (Å²) in [4.78, 5) is 12.3. The molecule has 9 heteroatoms. The highest BCUT2D eigenvalue weighted by molar-refractivity contribution is 7.88. The molecule has 0 bridgehead atoms. The number of nitrogens with one attached hydrogen (secondary N) is 1. The molecular formula is C17H28N2O6S. The van der Waals surface area contributed by atoms with E-state index in [0.717, 1.165) is 6.26 Å². The van der Waals surface area contributed by atoms with E-state index in [1.807, 2.05) is 13.8 Å². The Bertz CT molecular complexity index is 695. The number of nitrogens with zero attached hydrogens (tertiary/aromatic N) is 1. The van der Waals surface area contributed by atoms with Crippen LogP contribution >= 0.6 is 0 Å². The van der Waals surface area contributed by atoms with E-state index in [9.17, 15) is 13.2 Å². The third-order valence-corrected chi connectivity index (χ3v) is 5.41. The molecule has 0 fully saturated rings. The molecule has 0 aliphatic rings. The summed E-state index contributed by atoms with van der Waals surface area (Å²) in [6.45, 7) is 3.83. The van der Waals surface area contributed by atoms with Gasteiger partial charge in [0, 0.05) is 36.8 Å². The monoisotopic (exact) mass is 388 g/mol. The summed E-state index contributed by atoms with van der Waals surface area (Å²) in [5.74, 6) is 0.947. The van der Waals surface area contributed by atoms with E-state index in [1.54, 1.807) is 12.1 Å². The maximum absolute atomic E-state index is 12.3. The summed E-state index contributed by atoms with van der Waals surface area (Å²) < 4.78 is 40.8. The molecule has 0 aliphatic carbocycles. The van der Waals surface area contributed by atoms with Crippen molar-refractivity contribution in [3.05, 3.63) is 12.1 Å². The zero-order chi connectivity index (χ0) is 19.9. The van der Waals surface area contributed by atoms with Crippen LogP contribution in [0.2, 0.25) is 0 Å². The number of methoxy groups -OCH3 is 3. The van der Waals surface area contributed by atoms with Crippen molar-refractivity contribution in [1.82, 2.24) is 4.31 Å². The minimum Gasteiger partial charge on any atom is -0.493 e. The van der Waals surface area contributed by atoms with Gasteiger partial charge in [0.2, 0.25) is 21.7 Å². The highest BCUT2D eigenvalue weighted by Gasteiger charge is 2.23. The van der Waals surface area contributed by atoms with E-state index in [0.29, 0.717) is 29.4 Å². The maximum atomic E-state index is 12.3. The van der Waals surface area contributed by atoms with E-state index in [2.05, 4.69) is 5.32 Å². The van der Waals surface area contributed by atoms with Crippen LogP contribution in [0.5, 0.6) is 17.2 Å². The molecule has 8 nitrogen and oxygen atoms in total. The third-order valence-electron chi connectivity index (χ3n) is 4.02. The first-order valence-electron chi connectivity index (χ1n) is 8.24. The van der Waals surface area contributed by atoms with Gasteiger partial charge < -0.3 is 19.5 Å². The summed E-state index contributed by atoms with van der Waals surface area (Å²) in [7, 11) is 1.09. The Kier molecular flexibility index (Phi) is 8.16. The van der Waals surface area contributed by atoms with Gasteiger partial charge in [-0.3, -0.25) is 4.79 Å². The first-order chi connectivity index (χ1) is 12.2. The standard InChI is InChI=1S/C17H28N2O6S/c1-7-12(2)19(26(6,21)22)9-8-16(20)18-13-10-14(23-3)17(25-5)15(11-13)24-4/h10-12H,7-9H2,1-6H3,(H,18,20). The van der Waals surface area contributed by atoms with Gasteiger partial charge in [0.15, 0.2) is 11.5 Å². The number of carbonyl (C=O) groups excluding carboxylic acids is 1. The van der Waals surface area contributed by atoms with Crippen molar-refractivity contribution in [2.24, 2.45) is 0 Å². The van der Waals surface area contributed by atoms with Crippen molar-refractivity contribution in [3.8, 4) is 17.2 Å². The molecule has 0 heterocycles. The van der Waals surface area contributed by atoms with Crippen LogP contribution < -0.4 is 19.5 Å². The number of carbonyl (C=O) groups is 1. The molecule has 0 aliphatic heterocycles. The van der Waals surface area contributed by atoms with E-state index in [-0.39, 0.29) is 24.9 Å². The van der Waals surface area contributed by atoms with Gasteiger partial charge in [0.25, 0.3) is 0 Å². The van der Waals surface area contributed by atoms with Crippen LogP contribution in [-0.4, -0.2) is 58.8 Å². The zero-order valence-corrected chi connectivity index (χ0v) is 17.0. The van der Waals surface area contributed by atoms with Gasteiger partial charge in [-0.15, -0.1) is 0 Å². The number of ether oxygens (including phenoxy) is 3. The highest BCUT2D eigenvalue weighted by atomic mass is 32.2. The van der Waals surface area contributed by atoms with Gasteiger partial charge in [-0.05, 0) is 13.3 Å². The molecule has 1 unspecified atom stereocenters. The average molecular weight is 388 g/mol. The van der Waals surface area contributed by atoms with Gasteiger partial charge in [-0.1, -0.05) is 6.92 Å². The number of rotatable bonds is 10. The Balaban J connectivity index is 2.88. The lowest BCUT2D eigenvalue weighted by Crippen LogP contribution is -2.39. The summed E-state index contributed by atoms with van der Waals surface area (Å²) >= 11 is 0. The second-order valence-electron chi connectivity index (χ2n) is 5.84. The molecule has 1 N–H and O–H groups in total. The van der Waals surface area contributed by atoms with Crippen molar-refractivity contribution in [2.75, 3.05) is 39.4 Å². The van der Waals surface area contributed by atoms with E-state index in [1.165, 1.54) is 25.6 Å². The molecule has 26 heavy (non-hydrogen) atoms. The maximum Gasteiger partial charge on any atom is 0.225 e. The minimum absolute atomic E-state index is 0.0358. The van der Waals surface area contributed by atoms with Gasteiger partial charge in [0.1, 0.15) is 0 Å². The molecule has 1 aromatic rings. The molecule has 1 rings (SSSR count). The van der Waals surface area contributed by atoms with E-state index >= 15 is 0 Å². The average Bonchev–Trinajstić information content (AvgIpc) is 2.59. The minimum atomic E-state index is -3.38. The summed E-state index contributed by atoms with van der Waals surface area (Å²) in [6.07, 6.45) is 1.85. The van der Waals surface area contributed by atoms with Crippen LogP contribution in [0.3, 0.4) is 0 Å². The highest BCUT2D eigenvalue weighted by Crippen LogP contribution is 2.39. The fourth-order valence-electron chi connectivity index (χ4n) is 2.51. The Morgan fingerprint density at radius 1 is 1.15 bits per heavy atom. The molecule has 148 valence electrons. The van der Waals surface area contributed by atoms with Crippen molar-refractivity contribution < 1.29 is 27.4 Å². The molecule has 0 saturated heterocycles. The molecule has 1 amide bonds. The smallest absolute Gasteiger partial charge is 0.225 e. The Labute approximate surface area is 155 Å². The Morgan fingerprint density at radius 3 is 2.08 bits per heavy atom. The van der Waals surface area contributed by atoms with E-state index in [4.69, 9.17) is 14.2 Å². The fraction of sp³-hybridized carbons (Fsp3) is 0.588. The molecule has 1 aromatic carbocycles. The first kappa shape index (κ1) is 22.0. The lowest BCUT2D eigenvalue weighted by Gasteiger charge is -2.25. The topological polar surface area (TPSA) is 94.2 Å². The lowest BCUT2D eigenvalue weighted by atomic mass is 10.2. The zero-order valence-electron chi connectivity index (χ0n) is 16.2. The summed E-state index contributed by atoms with van der Waals surface area (Å²) in [5, 5.41) is 2.73. The normalized spacial score (nSPS) is 12.6. The van der Waals surface area contributed by atoms with Crippen LogP contribution in [0.1, 0.15) is 26.7 Å². The molecule has 0 saturated carbocycles. The SMILES string of the molecule is CCC(C)N(CCC(=O)Nc1cc(OC)c(OC)c(OC)c1)S(C)(=O)=O. The van der Waals surface area contributed by atoms with Crippen LogP contribution in [-0.2, 0) is 14.8 Å². The molecule has 0 aromatic heterocycles.